The zero-order chi connectivity index (χ0) is 31.9. The predicted molar refractivity (Wildman–Crippen MR) is 208 cm³/mol. The van der Waals surface area contributed by atoms with Crippen molar-refractivity contribution in [2.24, 2.45) is 0 Å². The van der Waals surface area contributed by atoms with E-state index in [0.29, 0.717) is 0 Å². The minimum Gasteiger partial charge on any atom is -0.311 e. The fourth-order valence-electron chi connectivity index (χ4n) is 6.90. The van der Waals surface area contributed by atoms with Gasteiger partial charge in [-0.3, -0.25) is 0 Å². The van der Waals surface area contributed by atoms with Crippen molar-refractivity contribution in [3.8, 4) is 33.4 Å². The first kappa shape index (κ1) is 28.3. The van der Waals surface area contributed by atoms with Crippen molar-refractivity contribution in [2.75, 3.05) is 4.90 Å². The molecule has 0 N–H and O–H groups in total. The van der Waals surface area contributed by atoms with Crippen LogP contribution >= 0.6 is 11.3 Å². The second-order valence-corrected chi connectivity index (χ2v) is 13.2. The molecular weight excluding hydrogens is 599 g/mol. The summed E-state index contributed by atoms with van der Waals surface area (Å²) in [6, 6.07) is 68.0. The van der Waals surface area contributed by atoms with E-state index in [1.165, 1.54) is 64.3 Å². The van der Waals surface area contributed by atoms with Gasteiger partial charge in [-0.2, -0.15) is 0 Å². The van der Waals surface area contributed by atoms with Crippen molar-refractivity contribution in [1.82, 2.24) is 0 Å². The first-order valence-corrected chi connectivity index (χ1v) is 17.2. The third kappa shape index (κ3) is 5.04. The third-order valence-corrected chi connectivity index (χ3v) is 10.5. The van der Waals surface area contributed by atoms with Gasteiger partial charge in [0.05, 0.1) is 0 Å². The number of thiophene rings is 1. The second-order valence-electron chi connectivity index (χ2n) is 12.1. The minimum atomic E-state index is 1.12. The molecule has 48 heavy (non-hydrogen) atoms. The van der Waals surface area contributed by atoms with Crippen LogP contribution in [0.3, 0.4) is 0 Å². The fraction of sp³-hybridized carbons (Fsp3) is 0. The molecule has 0 radical (unpaired) electrons. The van der Waals surface area contributed by atoms with Gasteiger partial charge >= 0.3 is 0 Å². The van der Waals surface area contributed by atoms with Gasteiger partial charge in [0.25, 0.3) is 0 Å². The smallest absolute Gasteiger partial charge is 0.0462 e. The molecule has 1 heterocycles. The Morgan fingerprint density at radius 1 is 0.292 bits per heavy atom. The number of hydrogen-bond acceptors (Lipinski definition) is 2. The van der Waals surface area contributed by atoms with Gasteiger partial charge in [-0.15, -0.1) is 11.3 Å². The second kappa shape index (κ2) is 12.0. The summed E-state index contributed by atoms with van der Waals surface area (Å²) in [7, 11) is 0. The Labute approximate surface area is 284 Å². The van der Waals surface area contributed by atoms with E-state index < -0.39 is 0 Å². The first-order valence-electron chi connectivity index (χ1n) is 16.3. The van der Waals surface area contributed by atoms with Gasteiger partial charge in [0.2, 0.25) is 0 Å². The number of benzene rings is 8. The van der Waals surface area contributed by atoms with E-state index >= 15 is 0 Å². The van der Waals surface area contributed by atoms with Gasteiger partial charge < -0.3 is 4.90 Å². The molecule has 0 spiro atoms. The van der Waals surface area contributed by atoms with Crippen LogP contribution in [0.4, 0.5) is 17.1 Å². The summed E-state index contributed by atoms with van der Waals surface area (Å²) in [5.41, 5.74) is 10.7. The molecule has 0 unspecified atom stereocenters. The molecular formula is C46H31NS. The zero-order valence-corrected chi connectivity index (χ0v) is 27.1. The van der Waals surface area contributed by atoms with Gasteiger partial charge in [-0.25, -0.2) is 0 Å². The highest BCUT2D eigenvalue weighted by Crippen LogP contribution is 2.42. The Morgan fingerprint density at radius 2 is 0.729 bits per heavy atom. The van der Waals surface area contributed by atoms with E-state index in [-0.39, 0.29) is 0 Å². The van der Waals surface area contributed by atoms with Crippen LogP contribution < -0.4 is 4.90 Å². The van der Waals surface area contributed by atoms with E-state index in [1.807, 2.05) is 11.3 Å². The highest BCUT2D eigenvalue weighted by atomic mass is 32.1. The molecule has 8 aromatic carbocycles. The largest absolute Gasteiger partial charge is 0.311 e. The molecule has 0 fully saturated rings. The third-order valence-electron chi connectivity index (χ3n) is 9.30. The molecule has 2 heteroatoms. The van der Waals surface area contributed by atoms with E-state index in [0.717, 1.165) is 17.1 Å². The Kier molecular flexibility index (Phi) is 7.07. The van der Waals surface area contributed by atoms with Gasteiger partial charge in [-0.05, 0) is 81.2 Å². The average Bonchev–Trinajstić information content (AvgIpc) is 3.56. The molecule has 0 atom stereocenters. The summed E-state index contributed by atoms with van der Waals surface area (Å²) >= 11 is 1.89. The molecule has 0 amide bonds. The molecule has 1 aromatic heterocycles. The molecule has 0 aliphatic carbocycles. The topological polar surface area (TPSA) is 3.24 Å². The number of nitrogens with zero attached hydrogens (tertiary/aromatic N) is 1. The van der Waals surface area contributed by atoms with Crippen LogP contribution in [0, 0.1) is 0 Å². The Morgan fingerprint density at radius 3 is 1.31 bits per heavy atom. The Hall–Kier alpha value is -5.96. The van der Waals surface area contributed by atoms with E-state index in [9.17, 15) is 0 Å². The lowest BCUT2D eigenvalue weighted by Gasteiger charge is -2.26. The van der Waals surface area contributed by atoms with E-state index in [2.05, 4.69) is 193 Å². The van der Waals surface area contributed by atoms with Crippen LogP contribution in [0.25, 0.3) is 64.3 Å². The highest BCUT2D eigenvalue weighted by molar-refractivity contribution is 7.26. The molecule has 0 saturated heterocycles. The van der Waals surface area contributed by atoms with Crippen LogP contribution in [0.5, 0.6) is 0 Å². The lowest BCUT2D eigenvalue weighted by atomic mass is 9.96. The molecule has 0 aliphatic heterocycles. The van der Waals surface area contributed by atoms with Crippen molar-refractivity contribution in [2.45, 2.75) is 0 Å². The molecule has 9 aromatic rings. The van der Waals surface area contributed by atoms with Crippen molar-refractivity contribution in [3.05, 3.63) is 188 Å². The predicted octanol–water partition coefficient (Wildman–Crippen LogP) is 13.7. The van der Waals surface area contributed by atoms with Crippen LogP contribution in [0.2, 0.25) is 0 Å². The SMILES string of the molecule is c1ccc(-c2ccc(N(c3ccc(-c4ccccc4)cc3)c3ccc(-c4cccc5c4ccc4c6ccccc6sc54)cc3)cc2)cc1. The van der Waals surface area contributed by atoms with E-state index in [4.69, 9.17) is 0 Å². The average molecular weight is 630 g/mol. The van der Waals surface area contributed by atoms with Gasteiger partial charge in [0.1, 0.15) is 0 Å². The van der Waals surface area contributed by atoms with Crippen molar-refractivity contribution < 1.29 is 0 Å². The van der Waals surface area contributed by atoms with Gasteiger partial charge in [0, 0.05) is 42.6 Å². The maximum Gasteiger partial charge on any atom is 0.0462 e. The van der Waals surface area contributed by atoms with Crippen molar-refractivity contribution >= 4 is 59.3 Å². The van der Waals surface area contributed by atoms with E-state index in [1.54, 1.807) is 0 Å². The minimum absolute atomic E-state index is 1.12. The van der Waals surface area contributed by atoms with Crippen LogP contribution in [-0.4, -0.2) is 0 Å². The number of anilines is 3. The molecule has 0 aliphatic rings. The number of fused-ring (bicyclic) bond motifs is 5. The van der Waals surface area contributed by atoms with Gasteiger partial charge in [0.15, 0.2) is 0 Å². The summed E-state index contributed by atoms with van der Waals surface area (Å²) in [5, 5.41) is 5.27. The maximum atomic E-state index is 2.34. The Bertz CT molecular complexity index is 2430. The maximum absolute atomic E-state index is 2.34. The fourth-order valence-corrected chi connectivity index (χ4v) is 8.13. The van der Waals surface area contributed by atoms with Gasteiger partial charge in [-0.1, -0.05) is 146 Å². The molecule has 9 rings (SSSR count). The number of rotatable bonds is 6. The summed E-state index contributed by atoms with van der Waals surface area (Å²) in [4.78, 5) is 2.34. The summed E-state index contributed by atoms with van der Waals surface area (Å²) in [5.74, 6) is 0. The molecule has 1 nitrogen and oxygen atoms in total. The Balaban J connectivity index is 1.12. The standard InChI is InChI=1S/C46H31NS/c1-3-10-32(11-4-1)34-18-24-37(25-19-34)47(38-26-20-35(21-27-38)33-12-5-2-6-13-33)39-28-22-36(23-29-39)40-15-9-16-43-41(40)30-31-44-42-14-7-8-17-45(42)48-46(43)44/h1-31H. The highest BCUT2D eigenvalue weighted by Gasteiger charge is 2.15. The van der Waals surface area contributed by atoms with Crippen LogP contribution in [0.15, 0.2) is 188 Å². The molecule has 226 valence electrons. The first-order chi connectivity index (χ1) is 23.8. The summed E-state index contributed by atoms with van der Waals surface area (Å²) in [6.07, 6.45) is 0. The molecule has 0 saturated carbocycles. The lowest BCUT2D eigenvalue weighted by Crippen LogP contribution is -2.09. The normalized spacial score (nSPS) is 11.3. The number of hydrogen-bond donors (Lipinski definition) is 0. The summed E-state index contributed by atoms with van der Waals surface area (Å²) in [6.45, 7) is 0. The monoisotopic (exact) mass is 629 g/mol. The summed E-state index contributed by atoms with van der Waals surface area (Å²) < 4.78 is 2.69. The van der Waals surface area contributed by atoms with Crippen LogP contribution in [0.1, 0.15) is 0 Å². The van der Waals surface area contributed by atoms with Crippen molar-refractivity contribution in [3.63, 3.8) is 0 Å². The lowest BCUT2D eigenvalue weighted by molar-refractivity contribution is 1.28. The quantitative estimate of drug-likeness (QED) is 0.177. The van der Waals surface area contributed by atoms with Crippen LogP contribution in [-0.2, 0) is 0 Å². The molecule has 0 bridgehead atoms. The zero-order valence-electron chi connectivity index (χ0n) is 26.3. The van der Waals surface area contributed by atoms with Crippen molar-refractivity contribution in [1.29, 1.82) is 0 Å².